The molecule has 0 radical (unpaired) electrons. The van der Waals surface area contributed by atoms with Gasteiger partial charge >= 0.3 is 0 Å². The number of nitrogens with one attached hydrogen (secondary N) is 1. The Labute approximate surface area is 125 Å². The number of rotatable bonds is 3. The highest BCUT2D eigenvalue weighted by Gasteiger charge is 2.28. The van der Waals surface area contributed by atoms with Crippen molar-refractivity contribution in [2.75, 3.05) is 19.6 Å². The Morgan fingerprint density at radius 1 is 1.35 bits per heavy atom. The molecular formula is C14H17BrF2N2O. The summed E-state index contributed by atoms with van der Waals surface area (Å²) in [6, 6.07) is 2.27. The van der Waals surface area contributed by atoms with E-state index in [4.69, 9.17) is 0 Å². The summed E-state index contributed by atoms with van der Waals surface area (Å²) in [6.07, 6.45) is 1.61. The molecule has 1 saturated heterocycles. The van der Waals surface area contributed by atoms with Gasteiger partial charge in [-0.3, -0.25) is 4.79 Å². The Hall–Kier alpha value is -1.01. The summed E-state index contributed by atoms with van der Waals surface area (Å²) >= 11 is 3.01. The largest absolute Gasteiger partial charge is 0.336 e. The lowest BCUT2D eigenvalue weighted by atomic mass is 10.0. The number of halogens is 3. The lowest BCUT2D eigenvalue weighted by Crippen LogP contribution is -2.46. The highest BCUT2D eigenvalue weighted by atomic mass is 79.9. The highest BCUT2D eigenvalue weighted by molar-refractivity contribution is 9.10. The van der Waals surface area contributed by atoms with E-state index in [1.165, 1.54) is 0 Å². The predicted molar refractivity (Wildman–Crippen MR) is 76.7 cm³/mol. The molecule has 0 saturated carbocycles. The molecule has 1 aromatic rings. The van der Waals surface area contributed by atoms with Crippen LogP contribution >= 0.6 is 15.9 Å². The van der Waals surface area contributed by atoms with Crippen molar-refractivity contribution in [2.45, 2.75) is 25.8 Å². The van der Waals surface area contributed by atoms with Crippen molar-refractivity contribution in [1.29, 1.82) is 0 Å². The van der Waals surface area contributed by atoms with E-state index in [0.29, 0.717) is 6.54 Å². The van der Waals surface area contributed by atoms with Gasteiger partial charge in [-0.05, 0) is 45.0 Å². The van der Waals surface area contributed by atoms with Gasteiger partial charge in [-0.25, -0.2) is 8.78 Å². The predicted octanol–water partition coefficient (Wildman–Crippen LogP) is 2.94. The molecule has 20 heavy (non-hydrogen) atoms. The molecule has 0 aromatic heterocycles. The van der Waals surface area contributed by atoms with Gasteiger partial charge in [0.15, 0.2) is 0 Å². The standard InChI is InChI=1S/C14H17BrF2N2O/c1-2-19(10-3-5-18-6-4-10)14(20)13-11(16)7-9(15)8-12(13)17/h7-8,10,18H,2-6H2,1H3. The summed E-state index contributed by atoms with van der Waals surface area (Å²) in [7, 11) is 0. The van der Waals surface area contributed by atoms with Crippen molar-refractivity contribution < 1.29 is 13.6 Å². The maximum atomic E-state index is 13.9. The summed E-state index contributed by atoms with van der Waals surface area (Å²) in [5.74, 6) is -2.22. The molecule has 1 amide bonds. The third-order valence-corrected chi connectivity index (χ3v) is 4.03. The quantitative estimate of drug-likeness (QED) is 0.912. The van der Waals surface area contributed by atoms with E-state index in [1.54, 1.807) is 4.90 Å². The van der Waals surface area contributed by atoms with Crippen molar-refractivity contribution in [3.63, 3.8) is 0 Å². The van der Waals surface area contributed by atoms with E-state index >= 15 is 0 Å². The second-order valence-electron chi connectivity index (χ2n) is 4.82. The smallest absolute Gasteiger partial charge is 0.260 e. The molecule has 110 valence electrons. The van der Waals surface area contributed by atoms with Crippen LogP contribution in [-0.2, 0) is 0 Å². The van der Waals surface area contributed by atoms with Gasteiger partial charge in [0.2, 0.25) is 0 Å². The molecule has 2 rings (SSSR count). The van der Waals surface area contributed by atoms with Crippen LogP contribution in [0.25, 0.3) is 0 Å². The Kier molecular flexibility index (Phi) is 5.10. The monoisotopic (exact) mass is 346 g/mol. The Bertz CT molecular complexity index is 481. The molecule has 0 bridgehead atoms. The van der Waals surface area contributed by atoms with E-state index in [0.717, 1.165) is 38.1 Å². The topological polar surface area (TPSA) is 32.3 Å². The van der Waals surface area contributed by atoms with Crippen molar-refractivity contribution in [3.8, 4) is 0 Å². The minimum atomic E-state index is -0.825. The van der Waals surface area contributed by atoms with Gasteiger partial charge < -0.3 is 10.2 Å². The van der Waals surface area contributed by atoms with E-state index in [2.05, 4.69) is 21.2 Å². The van der Waals surface area contributed by atoms with Gasteiger partial charge in [0.1, 0.15) is 17.2 Å². The first-order valence-electron chi connectivity index (χ1n) is 6.70. The van der Waals surface area contributed by atoms with Crippen LogP contribution in [0.15, 0.2) is 16.6 Å². The first-order valence-corrected chi connectivity index (χ1v) is 7.50. The molecule has 1 aliphatic rings. The number of hydrogen-bond acceptors (Lipinski definition) is 2. The van der Waals surface area contributed by atoms with Crippen LogP contribution < -0.4 is 5.32 Å². The second kappa shape index (κ2) is 6.63. The van der Waals surface area contributed by atoms with Crippen LogP contribution in [-0.4, -0.2) is 36.5 Å². The molecule has 1 aromatic carbocycles. The van der Waals surface area contributed by atoms with Gasteiger partial charge in [-0.1, -0.05) is 15.9 Å². The van der Waals surface area contributed by atoms with E-state index in [-0.39, 0.29) is 10.5 Å². The first-order chi connectivity index (χ1) is 9.54. The maximum absolute atomic E-state index is 13.9. The summed E-state index contributed by atoms with van der Waals surface area (Å²) in [6.45, 7) is 3.91. The number of benzene rings is 1. The summed E-state index contributed by atoms with van der Waals surface area (Å²) in [4.78, 5) is 14.0. The fraction of sp³-hybridized carbons (Fsp3) is 0.500. The lowest BCUT2D eigenvalue weighted by Gasteiger charge is -2.34. The summed E-state index contributed by atoms with van der Waals surface area (Å²) < 4.78 is 28.1. The van der Waals surface area contributed by atoms with Gasteiger partial charge in [-0.15, -0.1) is 0 Å². The Morgan fingerprint density at radius 2 is 1.90 bits per heavy atom. The van der Waals surface area contributed by atoms with E-state index < -0.39 is 23.1 Å². The molecule has 0 unspecified atom stereocenters. The fourth-order valence-electron chi connectivity index (χ4n) is 2.58. The van der Waals surface area contributed by atoms with Gasteiger partial charge in [0, 0.05) is 17.1 Å². The average Bonchev–Trinajstić information content (AvgIpc) is 2.39. The van der Waals surface area contributed by atoms with Crippen LogP contribution in [0, 0.1) is 11.6 Å². The van der Waals surface area contributed by atoms with Crippen LogP contribution in [0.2, 0.25) is 0 Å². The molecule has 6 heteroatoms. The molecule has 1 aliphatic heterocycles. The van der Waals surface area contributed by atoms with Crippen LogP contribution in [0.3, 0.4) is 0 Å². The molecule has 0 spiro atoms. The molecular weight excluding hydrogens is 330 g/mol. The van der Waals surface area contributed by atoms with Crippen molar-refractivity contribution >= 4 is 21.8 Å². The van der Waals surface area contributed by atoms with Gasteiger partial charge in [-0.2, -0.15) is 0 Å². The van der Waals surface area contributed by atoms with Crippen molar-refractivity contribution in [2.24, 2.45) is 0 Å². The normalized spacial score (nSPS) is 16.2. The average molecular weight is 347 g/mol. The summed E-state index contributed by atoms with van der Waals surface area (Å²) in [5.41, 5.74) is -0.464. The van der Waals surface area contributed by atoms with Gasteiger partial charge in [0.05, 0.1) is 0 Å². The second-order valence-corrected chi connectivity index (χ2v) is 5.73. The first kappa shape index (κ1) is 15.4. The van der Waals surface area contributed by atoms with Crippen molar-refractivity contribution in [3.05, 3.63) is 33.8 Å². The molecule has 0 aliphatic carbocycles. The zero-order valence-corrected chi connectivity index (χ0v) is 12.8. The SMILES string of the molecule is CCN(C(=O)c1c(F)cc(Br)cc1F)C1CCNCC1. The third kappa shape index (κ3) is 3.17. The number of hydrogen-bond donors (Lipinski definition) is 1. The van der Waals surface area contributed by atoms with Crippen LogP contribution in [0.4, 0.5) is 8.78 Å². The third-order valence-electron chi connectivity index (χ3n) is 3.57. The minimum Gasteiger partial charge on any atom is -0.336 e. The fourth-order valence-corrected chi connectivity index (χ4v) is 2.98. The Balaban J connectivity index is 2.28. The highest BCUT2D eigenvalue weighted by Crippen LogP contribution is 2.23. The number of carbonyl (C=O) groups excluding carboxylic acids is 1. The molecule has 3 nitrogen and oxygen atoms in total. The van der Waals surface area contributed by atoms with E-state index in [9.17, 15) is 13.6 Å². The minimum absolute atomic E-state index is 0.0381. The lowest BCUT2D eigenvalue weighted by molar-refractivity contribution is 0.0646. The molecule has 1 heterocycles. The maximum Gasteiger partial charge on any atom is 0.260 e. The van der Waals surface area contributed by atoms with E-state index in [1.807, 2.05) is 6.92 Å². The number of piperidine rings is 1. The number of carbonyl (C=O) groups is 1. The number of amides is 1. The molecule has 0 atom stereocenters. The molecule has 1 fully saturated rings. The van der Waals surface area contributed by atoms with Crippen molar-refractivity contribution in [1.82, 2.24) is 10.2 Å². The summed E-state index contributed by atoms with van der Waals surface area (Å²) in [5, 5.41) is 3.21. The van der Waals surface area contributed by atoms with Crippen LogP contribution in [0.1, 0.15) is 30.1 Å². The van der Waals surface area contributed by atoms with Gasteiger partial charge in [0.25, 0.3) is 5.91 Å². The van der Waals surface area contributed by atoms with Crippen LogP contribution in [0.5, 0.6) is 0 Å². The zero-order chi connectivity index (χ0) is 14.7. The molecule has 1 N–H and O–H groups in total. The zero-order valence-electron chi connectivity index (χ0n) is 11.3. The number of nitrogens with zero attached hydrogens (tertiary/aromatic N) is 1. The Morgan fingerprint density at radius 3 is 2.40 bits per heavy atom.